The van der Waals surface area contributed by atoms with E-state index in [2.05, 4.69) is 5.32 Å². The van der Waals surface area contributed by atoms with E-state index in [-0.39, 0.29) is 5.82 Å². The van der Waals surface area contributed by atoms with Gasteiger partial charge in [0, 0.05) is 23.6 Å². The number of nitrogen functional groups attached to an aromatic ring is 2. The molecular weight excluding hydrogens is 217 g/mol. The van der Waals surface area contributed by atoms with Crippen molar-refractivity contribution in [3.05, 3.63) is 53.8 Å². The summed E-state index contributed by atoms with van der Waals surface area (Å²) in [5.41, 5.74) is 14.6. The van der Waals surface area contributed by atoms with Crippen molar-refractivity contribution >= 4 is 17.1 Å². The SMILES string of the molecule is Nc1ccc(N)c(CNc2ccc(F)cc2)c1. The molecule has 2 aromatic rings. The van der Waals surface area contributed by atoms with E-state index in [1.54, 1.807) is 24.3 Å². The molecule has 0 atom stereocenters. The van der Waals surface area contributed by atoms with E-state index in [4.69, 9.17) is 11.5 Å². The number of hydrogen-bond acceptors (Lipinski definition) is 3. The van der Waals surface area contributed by atoms with Crippen LogP contribution in [-0.4, -0.2) is 0 Å². The van der Waals surface area contributed by atoms with E-state index >= 15 is 0 Å². The molecule has 0 heterocycles. The second-order valence-corrected chi connectivity index (χ2v) is 3.82. The van der Waals surface area contributed by atoms with Crippen molar-refractivity contribution < 1.29 is 4.39 Å². The summed E-state index contributed by atoms with van der Waals surface area (Å²) in [6.45, 7) is 0.558. The molecule has 0 aliphatic rings. The Morgan fingerprint density at radius 2 is 1.71 bits per heavy atom. The molecule has 0 aromatic heterocycles. The summed E-state index contributed by atoms with van der Waals surface area (Å²) in [6, 6.07) is 11.5. The number of hydrogen-bond donors (Lipinski definition) is 3. The summed E-state index contributed by atoms with van der Waals surface area (Å²) in [6.07, 6.45) is 0. The highest BCUT2D eigenvalue weighted by Gasteiger charge is 2.00. The second kappa shape index (κ2) is 4.74. The molecule has 0 amide bonds. The highest BCUT2D eigenvalue weighted by Crippen LogP contribution is 2.17. The molecular formula is C13H14FN3. The van der Waals surface area contributed by atoms with E-state index in [9.17, 15) is 4.39 Å². The van der Waals surface area contributed by atoms with Crippen LogP contribution in [0.25, 0.3) is 0 Å². The predicted molar refractivity (Wildman–Crippen MR) is 69.0 cm³/mol. The van der Waals surface area contributed by atoms with Crippen LogP contribution in [0.1, 0.15) is 5.56 Å². The molecule has 0 aliphatic heterocycles. The van der Waals surface area contributed by atoms with E-state index in [0.717, 1.165) is 11.3 Å². The average Bonchev–Trinajstić information content (AvgIpc) is 2.32. The Morgan fingerprint density at radius 3 is 2.41 bits per heavy atom. The molecule has 0 spiro atoms. The van der Waals surface area contributed by atoms with Gasteiger partial charge in [0.05, 0.1) is 0 Å². The zero-order chi connectivity index (χ0) is 12.3. The molecule has 5 N–H and O–H groups in total. The summed E-state index contributed by atoms with van der Waals surface area (Å²) in [5.74, 6) is -0.251. The lowest BCUT2D eigenvalue weighted by Crippen LogP contribution is -2.03. The molecule has 2 aromatic carbocycles. The third kappa shape index (κ3) is 2.87. The van der Waals surface area contributed by atoms with Gasteiger partial charge in [0.1, 0.15) is 5.82 Å². The molecule has 0 bridgehead atoms. The summed E-state index contributed by atoms with van der Waals surface area (Å²) in [7, 11) is 0. The van der Waals surface area contributed by atoms with Crippen LogP contribution in [0.4, 0.5) is 21.5 Å². The number of benzene rings is 2. The lowest BCUT2D eigenvalue weighted by atomic mass is 10.1. The molecule has 88 valence electrons. The van der Waals surface area contributed by atoms with Crippen LogP contribution >= 0.6 is 0 Å². The lowest BCUT2D eigenvalue weighted by molar-refractivity contribution is 0.628. The highest BCUT2D eigenvalue weighted by atomic mass is 19.1. The Balaban J connectivity index is 2.07. The van der Waals surface area contributed by atoms with Crippen LogP contribution in [0.2, 0.25) is 0 Å². The third-order valence-corrected chi connectivity index (χ3v) is 2.49. The van der Waals surface area contributed by atoms with Crippen molar-refractivity contribution in [2.45, 2.75) is 6.54 Å². The minimum atomic E-state index is -0.251. The average molecular weight is 231 g/mol. The number of rotatable bonds is 3. The maximum absolute atomic E-state index is 12.7. The van der Waals surface area contributed by atoms with E-state index < -0.39 is 0 Å². The maximum Gasteiger partial charge on any atom is 0.123 e. The Hall–Kier alpha value is -2.23. The van der Waals surface area contributed by atoms with Gasteiger partial charge in [-0.15, -0.1) is 0 Å². The fourth-order valence-corrected chi connectivity index (χ4v) is 1.54. The Bertz CT molecular complexity index is 509. The third-order valence-electron chi connectivity index (χ3n) is 2.49. The summed E-state index contributed by atoms with van der Waals surface area (Å²) in [4.78, 5) is 0. The first-order valence-corrected chi connectivity index (χ1v) is 5.28. The Labute approximate surface area is 99.2 Å². The first-order valence-electron chi connectivity index (χ1n) is 5.28. The van der Waals surface area contributed by atoms with Gasteiger partial charge in [-0.2, -0.15) is 0 Å². The molecule has 0 saturated heterocycles. The summed E-state index contributed by atoms with van der Waals surface area (Å²) in [5, 5.41) is 3.15. The number of halogens is 1. The van der Waals surface area contributed by atoms with Crippen molar-refractivity contribution in [3.8, 4) is 0 Å². The van der Waals surface area contributed by atoms with Crippen molar-refractivity contribution in [1.29, 1.82) is 0 Å². The predicted octanol–water partition coefficient (Wildman–Crippen LogP) is 2.60. The molecule has 0 fully saturated rings. The zero-order valence-electron chi connectivity index (χ0n) is 9.28. The quantitative estimate of drug-likeness (QED) is 0.711. The fraction of sp³-hybridized carbons (Fsp3) is 0.0769. The minimum absolute atomic E-state index is 0.251. The van der Waals surface area contributed by atoms with Gasteiger partial charge < -0.3 is 16.8 Å². The first-order chi connectivity index (χ1) is 8.15. The van der Waals surface area contributed by atoms with Gasteiger partial charge in [-0.25, -0.2) is 4.39 Å². The fourth-order valence-electron chi connectivity index (χ4n) is 1.54. The Morgan fingerprint density at radius 1 is 1.00 bits per heavy atom. The topological polar surface area (TPSA) is 64.1 Å². The van der Waals surface area contributed by atoms with Gasteiger partial charge in [0.25, 0.3) is 0 Å². The van der Waals surface area contributed by atoms with Crippen LogP contribution in [0.3, 0.4) is 0 Å². The maximum atomic E-state index is 12.7. The largest absolute Gasteiger partial charge is 0.399 e. The van der Waals surface area contributed by atoms with Crippen molar-refractivity contribution in [1.82, 2.24) is 0 Å². The second-order valence-electron chi connectivity index (χ2n) is 3.82. The molecule has 0 radical (unpaired) electrons. The molecule has 4 heteroatoms. The van der Waals surface area contributed by atoms with Gasteiger partial charge in [-0.05, 0) is 48.0 Å². The van der Waals surface area contributed by atoms with Crippen LogP contribution in [0, 0.1) is 5.82 Å². The van der Waals surface area contributed by atoms with Crippen molar-refractivity contribution in [2.75, 3.05) is 16.8 Å². The van der Waals surface area contributed by atoms with Gasteiger partial charge in [0.2, 0.25) is 0 Å². The lowest BCUT2D eigenvalue weighted by Gasteiger charge is -2.09. The molecule has 3 nitrogen and oxygen atoms in total. The standard InChI is InChI=1S/C13H14FN3/c14-10-1-4-12(5-2-10)17-8-9-7-11(15)3-6-13(9)16/h1-7,17H,8,15-16H2. The first kappa shape index (κ1) is 11.3. The van der Waals surface area contributed by atoms with E-state index in [0.29, 0.717) is 17.9 Å². The summed E-state index contributed by atoms with van der Waals surface area (Å²) < 4.78 is 12.7. The van der Waals surface area contributed by atoms with E-state index in [1.807, 2.05) is 6.07 Å². The molecule has 17 heavy (non-hydrogen) atoms. The molecule has 0 saturated carbocycles. The smallest absolute Gasteiger partial charge is 0.123 e. The minimum Gasteiger partial charge on any atom is -0.399 e. The number of nitrogens with one attached hydrogen (secondary N) is 1. The van der Waals surface area contributed by atoms with Crippen LogP contribution in [0.5, 0.6) is 0 Å². The molecule has 0 aliphatic carbocycles. The monoisotopic (exact) mass is 231 g/mol. The molecule has 0 unspecified atom stereocenters. The molecule has 2 rings (SSSR count). The number of anilines is 3. The Kier molecular flexibility index (Phi) is 3.14. The van der Waals surface area contributed by atoms with Crippen molar-refractivity contribution in [3.63, 3.8) is 0 Å². The van der Waals surface area contributed by atoms with Gasteiger partial charge >= 0.3 is 0 Å². The van der Waals surface area contributed by atoms with E-state index in [1.165, 1.54) is 12.1 Å². The normalized spacial score (nSPS) is 10.2. The van der Waals surface area contributed by atoms with Crippen LogP contribution in [-0.2, 0) is 6.54 Å². The summed E-state index contributed by atoms with van der Waals surface area (Å²) >= 11 is 0. The van der Waals surface area contributed by atoms with Crippen LogP contribution in [0.15, 0.2) is 42.5 Å². The zero-order valence-corrected chi connectivity index (χ0v) is 9.28. The number of nitrogens with two attached hydrogens (primary N) is 2. The highest BCUT2D eigenvalue weighted by molar-refractivity contribution is 5.56. The van der Waals surface area contributed by atoms with Crippen LogP contribution < -0.4 is 16.8 Å². The van der Waals surface area contributed by atoms with Crippen molar-refractivity contribution in [2.24, 2.45) is 0 Å². The van der Waals surface area contributed by atoms with Gasteiger partial charge in [-0.3, -0.25) is 0 Å². The van der Waals surface area contributed by atoms with Gasteiger partial charge in [0.15, 0.2) is 0 Å². The van der Waals surface area contributed by atoms with Gasteiger partial charge in [-0.1, -0.05) is 0 Å².